The summed E-state index contributed by atoms with van der Waals surface area (Å²) in [4.78, 5) is 2.14. The highest BCUT2D eigenvalue weighted by Gasteiger charge is 2.06. The van der Waals surface area contributed by atoms with E-state index < -0.39 is 0 Å². The first-order valence-electron chi connectivity index (χ1n) is 5.17. The summed E-state index contributed by atoms with van der Waals surface area (Å²) in [5, 5.41) is 3.83. The molecule has 1 heterocycles. The van der Waals surface area contributed by atoms with Gasteiger partial charge in [-0.15, -0.1) is 11.3 Å². The third-order valence-electron chi connectivity index (χ3n) is 2.68. The monoisotopic (exact) mass is 233 g/mol. The van der Waals surface area contributed by atoms with Crippen LogP contribution in [0.3, 0.4) is 0 Å². The Labute approximate surface area is 98.9 Å². The SMILES string of the molecule is Cc1s/c(=N/N)n(Cc2ccccc2)c1C. The van der Waals surface area contributed by atoms with Gasteiger partial charge in [-0.25, -0.2) is 0 Å². The summed E-state index contributed by atoms with van der Waals surface area (Å²) in [6.07, 6.45) is 0. The largest absolute Gasteiger partial charge is 0.320 e. The Kier molecular flexibility index (Phi) is 3.10. The molecule has 84 valence electrons. The standard InChI is InChI=1S/C12H15N3S/c1-9-10(2)16-12(14-13)15(9)8-11-6-4-3-5-7-11/h3-7H,8,13H2,1-2H3/b14-12+. The fourth-order valence-electron chi connectivity index (χ4n) is 1.65. The van der Waals surface area contributed by atoms with Crippen LogP contribution in [0.25, 0.3) is 0 Å². The van der Waals surface area contributed by atoms with Gasteiger partial charge in [-0.05, 0) is 19.4 Å². The molecular formula is C12H15N3S. The average Bonchev–Trinajstić information content (AvgIpc) is 2.58. The minimum atomic E-state index is 0.826. The molecule has 4 heteroatoms. The fourth-order valence-corrected chi connectivity index (χ4v) is 2.54. The molecule has 0 spiro atoms. The molecule has 0 atom stereocenters. The normalized spacial score (nSPS) is 12.0. The van der Waals surface area contributed by atoms with E-state index in [1.807, 2.05) is 18.2 Å². The number of aryl methyl sites for hydroxylation is 1. The van der Waals surface area contributed by atoms with Gasteiger partial charge in [-0.2, -0.15) is 5.10 Å². The van der Waals surface area contributed by atoms with Crippen molar-refractivity contribution in [3.8, 4) is 0 Å². The summed E-state index contributed by atoms with van der Waals surface area (Å²) < 4.78 is 2.15. The number of thiazole rings is 1. The predicted octanol–water partition coefficient (Wildman–Crippen LogP) is 1.99. The Hall–Kier alpha value is -1.55. The lowest BCUT2D eigenvalue weighted by molar-refractivity contribution is 0.731. The van der Waals surface area contributed by atoms with Crippen molar-refractivity contribution >= 4 is 11.3 Å². The van der Waals surface area contributed by atoms with Crippen LogP contribution < -0.4 is 10.6 Å². The summed E-state index contributed by atoms with van der Waals surface area (Å²) in [6.45, 7) is 5.02. The predicted molar refractivity (Wildman–Crippen MR) is 67.1 cm³/mol. The highest BCUT2D eigenvalue weighted by molar-refractivity contribution is 7.09. The molecule has 0 saturated carbocycles. The molecule has 0 radical (unpaired) electrons. The van der Waals surface area contributed by atoms with Crippen LogP contribution in [0.4, 0.5) is 0 Å². The Morgan fingerprint density at radius 3 is 2.56 bits per heavy atom. The molecule has 1 aromatic carbocycles. The van der Waals surface area contributed by atoms with Gasteiger partial charge >= 0.3 is 0 Å². The maximum atomic E-state index is 5.40. The second-order valence-electron chi connectivity index (χ2n) is 3.73. The molecule has 0 unspecified atom stereocenters. The van der Waals surface area contributed by atoms with Crippen molar-refractivity contribution in [1.29, 1.82) is 0 Å². The average molecular weight is 233 g/mol. The summed E-state index contributed by atoms with van der Waals surface area (Å²) in [5.41, 5.74) is 2.50. The summed E-state index contributed by atoms with van der Waals surface area (Å²) in [7, 11) is 0. The van der Waals surface area contributed by atoms with Gasteiger partial charge in [-0.1, -0.05) is 30.3 Å². The molecule has 0 amide bonds. The smallest absolute Gasteiger partial charge is 0.208 e. The van der Waals surface area contributed by atoms with E-state index in [-0.39, 0.29) is 0 Å². The summed E-state index contributed by atoms with van der Waals surface area (Å²) in [5.74, 6) is 5.40. The van der Waals surface area contributed by atoms with Gasteiger partial charge in [0.25, 0.3) is 0 Å². The molecule has 1 aromatic heterocycles. The Bertz CT molecular complexity index is 537. The van der Waals surface area contributed by atoms with Gasteiger partial charge < -0.3 is 10.4 Å². The zero-order valence-corrected chi connectivity index (χ0v) is 10.3. The van der Waals surface area contributed by atoms with Gasteiger partial charge in [0.1, 0.15) is 0 Å². The van der Waals surface area contributed by atoms with E-state index in [0.717, 1.165) is 11.3 Å². The molecular weight excluding hydrogens is 218 g/mol. The quantitative estimate of drug-likeness (QED) is 0.625. The van der Waals surface area contributed by atoms with Crippen LogP contribution in [0.5, 0.6) is 0 Å². The maximum absolute atomic E-state index is 5.40. The van der Waals surface area contributed by atoms with Gasteiger partial charge in [-0.3, -0.25) is 0 Å². The summed E-state index contributed by atoms with van der Waals surface area (Å²) in [6, 6.07) is 10.3. The van der Waals surface area contributed by atoms with E-state index in [9.17, 15) is 0 Å². The molecule has 2 aromatic rings. The minimum Gasteiger partial charge on any atom is -0.320 e. The molecule has 3 nitrogen and oxygen atoms in total. The highest BCUT2D eigenvalue weighted by atomic mass is 32.1. The van der Waals surface area contributed by atoms with Crippen molar-refractivity contribution in [3.63, 3.8) is 0 Å². The maximum Gasteiger partial charge on any atom is 0.208 e. The number of nitrogens with zero attached hydrogens (tertiary/aromatic N) is 2. The van der Waals surface area contributed by atoms with Gasteiger partial charge in [0.2, 0.25) is 4.80 Å². The van der Waals surface area contributed by atoms with E-state index in [1.54, 1.807) is 11.3 Å². The highest BCUT2D eigenvalue weighted by Crippen LogP contribution is 2.11. The Morgan fingerprint density at radius 2 is 1.94 bits per heavy atom. The topological polar surface area (TPSA) is 43.3 Å². The molecule has 2 rings (SSSR count). The van der Waals surface area contributed by atoms with Crippen LogP contribution >= 0.6 is 11.3 Å². The molecule has 0 aliphatic rings. The molecule has 2 N–H and O–H groups in total. The van der Waals surface area contributed by atoms with Crippen LogP contribution in [0, 0.1) is 13.8 Å². The van der Waals surface area contributed by atoms with Crippen LogP contribution in [-0.4, -0.2) is 4.57 Å². The minimum absolute atomic E-state index is 0.826. The van der Waals surface area contributed by atoms with Crippen LogP contribution in [-0.2, 0) is 6.54 Å². The molecule has 0 bridgehead atoms. The number of hydrogen-bond acceptors (Lipinski definition) is 3. The number of aromatic nitrogens is 1. The summed E-state index contributed by atoms with van der Waals surface area (Å²) >= 11 is 1.63. The van der Waals surface area contributed by atoms with Crippen LogP contribution in [0.1, 0.15) is 16.1 Å². The zero-order chi connectivity index (χ0) is 11.5. The van der Waals surface area contributed by atoms with E-state index in [1.165, 1.54) is 16.1 Å². The van der Waals surface area contributed by atoms with E-state index in [0.29, 0.717) is 0 Å². The van der Waals surface area contributed by atoms with Crippen molar-refractivity contribution in [2.75, 3.05) is 0 Å². The molecule has 16 heavy (non-hydrogen) atoms. The van der Waals surface area contributed by atoms with Gasteiger partial charge in [0, 0.05) is 10.6 Å². The first-order valence-corrected chi connectivity index (χ1v) is 5.98. The number of hydrogen-bond donors (Lipinski definition) is 1. The van der Waals surface area contributed by atoms with Crippen molar-refractivity contribution < 1.29 is 0 Å². The van der Waals surface area contributed by atoms with E-state index >= 15 is 0 Å². The van der Waals surface area contributed by atoms with Crippen molar-refractivity contribution in [3.05, 3.63) is 51.3 Å². The number of benzene rings is 1. The second kappa shape index (κ2) is 4.53. The van der Waals surface area contributed by atoms with Gasteiger partial charge in [0.15, 0.2) is 0 Å². The third-order valence-corrected chi connectivity index (χ3v) is 3.79. The third kappa shape index (κ3) is 2.02. The van der Waals surface area contributed by atoms with Crippen molar-refractivity contribution in [2.45, 2.75) is 20.4 Å². The van der Waals surface area contributed by atoms with E-state index in [4.69, 9.17) is 5.84 Å². The second-order valence-corrected chi connectivity index (χ2v) is 4.91. The Morgan fingerprint density at radius 1 is 1.25 bits per heavy atom. The first-order chi connectivity index (χ1) is 7.72. The molecule has 0 fully saturated rings. The van der Waals surface area contributed by atoms with Crippen molar-refractivity contribution in [2.24, 2.45) is 10.9 Å². The lowest BCUT2D eigenvalue weighted by Crippen LogP contribution is -2.18. The lowest BCUT2D eigenvalue weighted by Gasteiger charge is -2.05. The molecule has 0 aliphatic heterocycles. The number of rotatable bonds is 2. The van der Waals surface area contributed by atoms with Gasteiger partial charge in [0.05, 0.1) is 6.54 Å². The zero-order valence-electron chi connectivity index (χ0n) is 9.47. The molecule has 0 saturated heterocycles. The van der Waals surface area contributed by atoms with E-state index in [2.05, 4.69) is 35.6 Å². The number of nitrogens with two attached hydrogens (primary N) is 1. The van der Waals surface area contributed by atoms with Crippen LogP contribution in [0.2, 0.25) is 0 Å². The first kappa shape index (κ1) is 11.0. The van der Waals surface area contributed by atoms with Crippen molar-refractivity contribution in [1.82, 2.24) is 4.57 Å². The fraction of sp³-hybridized carbons (Fsp3) is 0.250. The Balaban J connectivity index is 2.42. The van der Waals surface area contributed by atoms with Crippen LogP contribution in [0.15, 0.2) is 35.4 Å². The molecule has 0 aliphatic carbocycles. The lowest BCUT2D eigenvalue weighted by atomic mass is 10.2.